The van der Waals surface area contributed by atoms with Crippen LogP contribution in [0.1, 0.15) is 49.5 Å². The van der Waals surface area contributed by atoms with E-state index in [0.717, 1.165) is 12.0 Å². The number of carbonyl (C=O) groups is 1. The van der Waals surface area contributed by atoms with Crippen LogP contribution in [0.25, 0.3) is 0 Å². The molecule has 1 heterocycles. The zero-order valence-corrected chi connectivity index (χ0v) is 12.8. The van der Waals surface area contributed by atoms with E-state index in [1.807, 2.05) is 30.9 Å². The molecule has 110 valence electrons. The van der Waals surface area contributed by atoms with Gasteiger partial charge in [-0.3, -0.25) is 4.79 Å². The molecule has 1 aliphatic rings. The number of amides is 1. The average molecular weight is 275 g/mol. The summed E-state index contributed by atoms with van der Waals surface area (Å²) in [4.78, 5) is 14.4. The molecule has 0 saturated carbocycles. The summed E-state index contributed by atoms with van der Waals surface area (Å²) < 4.78 is 5.67. The number of morpholine rings is 1. The molecule has 2 atom stereocenters. The normalized spacial score (nSPS) is 22.9. The monoisotopic (exact) mass is 275 g/mol. The Balaban J connectivity index is 2.01. The molecule has 1 saturated heterocycles. The second kappa shape index (κ2) is 6.89. The van der Waals surface area contributed by atoms with Crippen LogP contribution in [0.2, 0.25) is 0 Å². The molecule has 0 spiro atoms. The molecule has 1 aliphatic heterocycles. The maximum atomic E-state index is 12.5. The number of benzene rings is 1. The van der Waals surface area contributed by atoms with Crippen LogP contribution in [0.4, 0.5) is 0 Å². The molecular weight excluding hydrogens is 250 g/mol. The minimum atomic E-state index is 0.117. The van der Waals surface area contributed by atoms with E-state index in [2.05, 4.69) is 19.1 Å². The average Bonchev–Trinajstić information content (AvgIpc) is 2.44. The third kappa shape index (κ3) is 3.83. The van der Waals surface area contributed by atoms with Gasteiger partial charge in [-0.2, -0.15) is 0 Å². The predicted molar refractivity (Wildman–Crippen MR) is 81.0 cm³/mol. The van der Waals surface area contributed by atoms with Gasteiger partial charge in [-0.15, -0.1) is 0 Å². The van der Waals surface area contributed by atoms with Gasteiger partial charge in [0.1, 0.15) is 0 Å². The number of rotatable bonds is 4. The van der Waals surface area contributed by atoms with E-state index in [0.29, 0.717) is 13.1 Å². The van der Waals surface area contributed by atoms with Crippen molar-refractivity contribution >= 4 is 5.91 Å². The van der Waals surface area contributed by atoms with E-state index >= 15 is 0 Å². The van der Waals surface area contributed by atoms with Gasteiger partial charge in [0.15, 0.2) is 0 Å². The third-order valence-electron chi connectivity index (χ3n) is 3.73. The summed E-state index contributed by atoms with van der Waals surface area (Å²) in [5.41, 5.74) is 2.10. The Kier molecular flexibility index (Phi) is 5.18. The molecule has 0 N–H and O–H groups in total. The van der Waals surface area contributed by atoms with Crippen LogP contribution >= 0.6 is 0 Å². The number of hydrogen-bond donors (Lipinski definition) is 0. The summed E-state index contributed by atoms with van der Waals surface area (Å²) in [7, 11) is 0. The van der Waals surface area contributed by atoms with Crippen LogP contribution in [0, 0.1) is 0 Å². The second-order valence-electron chi connectivity index (χ2n) is 5.77. The van der Waals surface area contributed by atoms with Gasteiger partial charge in [0, 0.05) is 18.7 Å². The van der Waals surface area contributed by atoms with Crippen molar-refractivity contribution in [3.63, 3.8) is 0 Å². The summed E-state index contributed by atoms with van der Waals surface area (Å²) >= 11 is 0. The molecule has 1 aromatic carbocycles. The lowest BCUT2D eigenvalue weighted by Crippen LogP contribution is -2.48. The van der Waals surface area contributed by atoms with Crippen molar-refractivity contribution < 1.29 is 9.53 Å². The molecule has 1 fully saturated rings. The Morgan fingerprint density at radius 1 is 1.20 bits per heavy atom. The molecule has 1 aromatic rings. The molecule has 0 aromatic heterocycles. The Bertz CT molecular complexity index is 431. The first-order valence-electron chi connectivity index (χ1n) is 7.63. The van der Waals surface area contributed by atoms with Crippen molar-refractivity contribution in [2.75, 3.05) is 13.1 Å². The maximum Gasteiger partial charge on any atom is 0.254 e. The van der Waals surface area contributed by atoms with Gasteiger partial charge in [0.05, 0.1) is 12.2 Å². The zero-order valence-electron chi connectivity index (χ0n) is 12.8. The van der Waals surface area contributed by atoms with Gasteiger partial charge in [-0.05, 0) is 44.4 Å². The summed E-state index contributed by atoms with van der Waals surface area (Å²) in [6.45, 7) is 7.59. The highest BCUT2D eigenvalue weighted by Gasteiger charge is 2.26. The molecule has 3 heteroatoms. The molecular formula is C17H25NO2. The fraction of sp³-hybridized carbons (Fsp3) is 0.588. The van der Waals surface area contributed by atoms with Crippen LogP contribution < -0.4 is 0 Å². The number of ether oxygens (including phenoxy) is 1. The third-order valence-corrected chi connectivity index (χ3v) is 3.73. The van der Waals surface area contributed by atoms with Crippen molar-refractivity contribution in [1.82, 2.24) is 4.90 Å². The quantitative estimate of drug-likeness (QED) is 0.844. The van der Waals surface area contributed by atoms with Crippen molar-refractivity contribution in [3.8, 4) is 0 Å². The van der Waals surface area contributed by atoms with E-state index in [4.69, 9.17) is 4.74 Å². The Morgan fingerprint density at radius 2 is 1.80 bits per heavy atom. The highest BCUT2D eigenvalue weighted by Crippen LogP contribution is 2.15. The van der Waals surface area contributed by atoms with Crippen molar-refractivity contribution in [3.05, 3.63) is 35.4 Å². The first kappa shape index (κ1) is 15.0. The summed E-state index contributed by atoms with van der Waals surface area (Å²) in [6, 6.07) is 8.07. The van der Waals surface area contributed by atoms with E-state index in [9.17, 15) is 4.79 Å². The number of nitrogens with zero attached hydrogens (tertiary/aromatic N) is 1. The predicted octanol–water partition coefficient (Wildman–Crippen LogP) is 3.28. The van der Waals surface area contributed by atoms with Gasteiger partial charge in [-0.25, -0.2) is 0 Å². The topological polar surface area (TPSA) is 29.5 Å². The van der Waals surface area contributed by atoms with E-state index in [-0.39, 0.29) is 18.1 Å². The largest absolute Gasteiger partial charge is 0.372 e. The van der Waals surface area contributed by atoms with E-state index < -0.39 is 0 Å². The van der Waals surface area contributed by atoms with Crippen LogP contribution in [0.3, 0.4) is 0 Å². The molecule has 0 radical (unpaired) electrons. The lowest BCUT2D eigenvalue weighted by atomic mass is 10.1. The van der Waals surface area contributed by atoms with Crippen LogP contribution in [-0.4, -0.2) is 36.1 Å². The first-order chi connectivity index (χ1) is 9.60. The van der Waals surface area contributed by atoms with Crippen molar-refractivity contribution in [2.45, 2.75) is 52.2 Å². The van der Waals surface area contributed by atoms with Crippen molar-refractivity contribution in [1.29, 1.82) is 0 Å². The van der Waals surface area contributed by atoms with Crippen molar-refractivity contribution in [2.24, 2.45) is 0 Å². The lowest BCUT2D eigenvalue weighted by Gasteiger charge is -2.35. The summed E-state index contributed by atoms with van der Waals surface area (Å²) in [5.74, 6) is 0.119. The number of aryl methyl sites for hydroxylation is 1. The molecule has 0 aliphatic carbocycles. The maximum absolute atomic E-state index is 12.5. The molecule has 2 rings (SSSR count). The van der Waals surface area contributed by atoms with Crippen LogP contribution in [-0.2, 0) is 11.2 Å². The lowest BCUT2D eigenvalue weighted by molar-refractivity contribution is -0.0586. The standard InChI is InChI=1S/C17H25NO2/c1-4-5-6-15-7-9-16(10-8-15)17(19)18-11-13(2)20-14(3)12-18/h7-10,13-14H,4-6,11-12H2,1-3H3/t13-,14-/m0/s1. The molecule has 20 heavy (non-hydrogen) atoms. The number of unbranched alkanes of at least 4 members (excludes halogenated alkanes) is 1. The van der Waals surface area contributed by atoms with Gasteiger partial charge in [0.2, 0.25) is 0 Å². The van der Waals surface area contributed by atoms with Crippen LogP contribution in [0.5, 0.6) is 0 Å². The van der Waals surface area contributed by atoms with Crippen LogP contribution in [0.15, 0.2) is 24.3 Å². The fourth-order valence-electron chi connectivity index (χ4n) is 2.72. The summed E-state index contributed by atoms with van der Waals surface area (Å²) in [5, 5.41) is 0. The SMILES string of the molecule is CCCCc1ccc(C(=O)N2C[C@H](C)O[C@@H](C)C2)cc1. The zero-order chi connectivity index (χ0) is 14.5. The highest BCUT2D eigenvalue weighted by atomic mass is 16.5. The molecule has 1 amide bonds. The fourth-order valence-corrected chi connectivity index (χ4v) is 2.72. The first-order valence-corrected chi connectivity index (χ1v) is 7.63. The minimum absolute atomic E-state index is 0.117. The molecule has 0 bridgehead atoms. The van der Waals surface area contributed by atoms with Gasteiger partial charge in [0.25, 0.3) is 5.91 Å². The van der Waals surface area contributed by atoms with Gasteiger partial charge < -0.3 is 9.64 Å². The van der Waals surface area contributed by atoms with E-state index in [1.54, 1.807) is 0 Å². The molecule has 0 unspecified atom stereocenters. The van der Waals surface area contributed by atoms with E-state index in [1.165, 1.54) is 18.4 Å². The van der Waals surface area contributed by atoms with Gasteiger partial charge in [-0.1, -0.05) is 25.5 Å². The summed E-state index contributed by atoms with van der Waals surface area (Å²) in [6.07, 6.45) is 3.73. The second-order valence-corrected chi connectivity index (χ2v) is 5.77. The Hall–Kier alpha value is -1.35. The molecule has 3 nitrogen and oxygen atoms in total. The van der Waals surface area contributed by atoms with Gasteiger partial charge >= 0.3 is 0 Å². The number of hydrogen-bond acceptors (Lipinski definition) is 2. The smallest absolute Gasteiger partial charge is 0.254 e. The highest BCUT2D eigenvalue weighted by molar-refractivity contribution is 5.94. The Morgan fingerprint density at radius 3 is 2.35 bits per heavy atom. The Labute approximate surface area is 121 Å². The minimum Gasteiger partial charge on any atom is -0.372 e. The number of carbonyl (C=O) groups excluding carboxylic acids is 1.